The van der Waals surface area contributed by atoms with E-state index in [1.807, 2.05) is 0 Å². The van der Waals surface area contributed by atoms with E-state index in [1.165, 1.54) is 0 Å². The summed E-state index contributed by atoms with van der Waals surface area (Å²) in [5.41, 5.74) is 0.560. The smallest absolute Gasteiger partial charge is 0.267 e. The maximum absolute atomic E-state index is 11.8. The van der Waals surface area contributed by atoms with Crippen molar-refractivity contribution in [3.05, 3.63) is 22.4 Å². The Morgan fingerprint density at radius 3 is 3.22 bits per heavy atom. The molecule has 0 aromatic carbocycles. The average molecular weight is 316 g/mol. The summed E-state index contributed by atoms with van der Waals surface area (Å²) in [6.07, 6.45) is 1.83. The summed E-state index contributed by atoms with van der Waals surface area (Å²) in [5.74, 6) is -0.0991. The van der Waals surface area contributed by atoms with Crippen LogP contribution in [0.15, 0.2) is 16.7 Å². The molecule has 18 heavy (non-hydrogen) atoms. The topological polar surface area (TPSA) is 57.4 Å². The number of hydrogen-bond donors (Lipinski definition) is 2. The fourth-order valence-electron chi connectivity index (χ4n) is 1.99. The van der Waals surface area contributed by atoms with E-state index in [-0.39, 0.29) is 12.0 Å². The van der Waals surface area contributed by atoms with E-state index in [2.05, 4.69) is 38.1 Å². The number of ether oxygens (including phenoxy) is 1. The minimum absolute atomic E-state index is 0.0843. The maximum Gasteiger partial charge on any atom is 0.267 e. The van der Waals surface area contributed by atoms with Crippen LogP contribution in [0.4, 0.5) is 0 Å². The Hall–Kier alpha value is -0.850. The Morgan fingerprint density at radius 1 is 1.72 bits per heavy atom. The second kappa shape index (κ2) is 6.36. The molecular weight excluding hydrogens is 298 g/mol. The molecule has 2 rings (SSSR count). The number of nitrogens with zero attached hydrogens (tertiary/aromatic N) is 1. The summed E-state index contributed by atoms with van der Waals surface area (Å²) in [5, 5.41) is 2.88. The van der Waals surface area contributed by atoms with Gasteiger partial charge in [-0.05, 0) is 28.5 Å². The standard InChI is InChI=1S/C12H18BrN3O2/c1-2-16-3-4-18-10(8-16)7-15-12(17)11-5-9(13)6-14-11/h5-6,10,14H,2-4,7-8H2,1H3,(H,15,17). The number of amides is 1. The SMILES string of the molecule is CCN1CCOC(CNC(=O)c2cc(Br)c[nH]2)C1. The summed E-state index contributed by atoms with van der Waals surface area (Å²) in [4.78, 5) is 17.0. The lowest BCUT2D eigenvalue weighted by Crippen LogP contribution is -2.47. The van der Waals surface area contributed by atoms with Crippen LogP contribution in [0.25, 0.3) is 0 Å². The van der Waals surface area contributed by atoms with Gasteiger partial charge in [-0.1, -0.05) is 6.92 Å². The molecule has 1 saturated heterocycles. The van der Waals surface area contributed by atoms with E-state index in [0.29, 0.717) is 12.2 Å². The Balaban J connectivity index is 1.79. The third-order valence-corrected chi connectivity index (χ3v) is 3.51. The molecule has 1 unspecified atom stereocenters. The molecule has 0 saturated carbocycles. The summed E-state index contributed by atoms with van der Waals surface area (Å²) >= 11 is 3.30. The van der Waals surface area contributed by atoms with Gasteiger partial charge in [0, 0.05) is 30.3 Å². The summed E-state index contributed by atoms with van der Waals surface area (Å²) in [6, 6.07) is 1.76. The first-order chi connectivity index (χ1) is 8.69. The van der Waals surface area contributed by atoms with Crippen LogP contribution in [0.5, 0.6) is 0 Å². The van der Waals surface area contributed by atoms with E-state index >= 15 is 0 Å². The van der Waals surface area contributed by atoms with E-state index in [9.17, 15) is 4.79 Å². The lowest BCUT2D eigenvalue weighted by molar-refractivity contribution is -0.0246. The molecule has 2 N–H and O–H groups in total. The largest absolute Gasteiger partial charge is 0.374 e. The Kier molecular flexibility index (Phi) is 4.79. The van der Waals surface area contributed by atoms with Crippen LogP contribution < -0.4 is 5.32 Å². The van der Waals surface area contributed by atoms with Gasteiger partial charge in [0.1, 0.15) is 5.69 Å². The van der Waals surface area contributed by atoms with Crippen molar-refractivity contribution in [3.63, 3.8) is 0 Å². The normalized spacial score (nSPS) is 20.9. The highest BCUT2D eigenvalue weighted by Crippen LogP contribution is 2.10. The van der Waals surface area contributed by atoms with Crippen LogP contribution in [0.2, 0.25) is 0 Å². The number of morpholine rings is 1. The molecule has 6 heteroatoms. The molecule has 0 radical (unpaired) electrons. The molecule has 1 atom stereocenters. The molecule has 0 spiro atoms. The van der Waals surface area contributed by atoms with Gasteiger partial charge in [-0.25, -0.2) is 0 Å². The highest BCUT2D eigenvalue weighted by atomic mass is 79.9. The Labute approximate surface area is 115 Å². The molecule has 5 nitrogen and oxygen atoms in total. The third-order valence-electron chi connectivity index (χ3n) is 3.05. The summed E-state index contributed by atoms with van der Waals surface area (Å²) in [7, 11) is 0. The van der Waals surface area contributed by atoms with E-state index < -0.39 is 0 Å². The van der Waals surface area contributed by atoms with Gasteiger partial charge in [-0.15, -0.1) is 0 Å². The molecule has 1 amide bonds. The number of likely N-dealkylation sites (N-methyl/N-ethyl adjacent to an activating group) is 1. The van der Waals surface area contributed by atoms with Crippen LogP contribution in [0, 0.1) is 0 Å². The number of rotatable bonds is 4. The first kappa shape index (κ1) is 13.6. The highest BCUT2D eigenvalue weighted by molar-refractivity contribution is 9.10. The van der Waals surface area contributed by atoms with Crippen molar-refractivity contribution in [1.82, 2.24) is 15.2 Å². The van der Waals surface area contributed by atoms with Gasteiger partial charge in [0.15, 0.2) is 0 Å². The fraction of sp³-hybridized carbons (Fsp3) is 0.583. The van der Waals surface area contributed by atoms with Crippen molar-refractivity contribution in [2.45, 2.75) is 13.0 Å². The molecule has 1 aromatic heterocycles. The van der Waals surface area contributed by atoms with Gasteiger partial charge < -0.3 is 15.0 Å². The zero-order valence-corrected chi connectivity index (χ0v) is 12.0. The second-order valence-corrected chi connectivity index (χ2v) is 5.24. The number of aromatic nitrogens is 1. The van der Waals surface area contributed by atoms with Crippen molar-refractivity contribution in [1.29, 1.82) is 0 Å². The molecule has 2 heterocycles. The van der Waals surface area contributed by atoms with E-state index in [4.69, 9.17) is 4.74 Å². The summed E-state index contributed by atoms with van der Waals surface area (Å²) < 4.78 is 6.50. The number of carbonyl (C=O) groups excluding carboxylic acids is 1. The lowest BCUT2D eigenvalue weighted by atomic mass is 10.2. The maximum atomic E-state index is 11.8. The van der Waals surface area contributed by atoms with Crippen molar-refractivity contribution in [2.75, 3.05) is 32.8 Å². The molecule has 1 aliphatic rings. The zero-order chi connectivity index (χ0) is 13.0. The van der Waals surface area contributed by atoms with Crippen LogP contribution in [0.1, 0.15) is 17.4 Å². The van der Waals surface area contributed by atoms with Crippen LogP contribution in [-0.2, 0) is 4.74 Å². The third kappa shape index (κ3) is 3.57. The Bertz CT molecular complexity index is 408. The van der Waals surface area contributed by atoms with Crippen LogP contribution >= 0.6 is 15.9 Å². The Morgan fingerprint density at radius 2 is 2.56 bits per heavy atom. The predicted octanol–water partition coefficient (Wildman–Crippen LogP) is 1.23. The number of carbonyl (C=O) groups is 1. The zero-order valence-electron chi connectivity index (χ0n) is 10.4. The molecule has 1 aliphatic heterocycles. The minimum Gasteiger partial charge on any atom is -0.374 e. The van der Waals surface area contributed by atoms with Gasteiger partial charge >= 0.3 is 0 Å². The summed E-state index contributed by atoms with van der Waals surface area (Å²) in [6.45, 7) is 6.30. The van der Waals surface area contributed by atoms with Gasteiger partial charge in [-0.2, -0.15) is 0 Å². The number of halogens is 1. The first-order valence-corrected chi connectivity index (χ1v) is 6.94. The van der Waals surface area contributed by atoms with Crippen molar-refractivity contribution in [3.8, 4) is 0 Å². The number of nitrogens with one attached hydrogen (secondary N) is 2. The van der Waals surface area contributed by atoms with E-state index in [1.54, 1.807) is 12.3 Å². The van der Waals surface area contributed by atoms with Crippen LogP contribution in [0.3, 0.4) is 0 Å². The number of hydrogen-bond acceptors (Lipinski definition) is 3. The molecule has 1 fully saturated rings. The fourth-order valence-corrected chi connectivity index (χ4v) is 2.34. The second-order valence-electron chi connectivity index (χ2n) is 4.33. The highest BCUT2D eigenvalue weighted by Gasteiger charge is 2.20. The average Bonchev–Trinajstić information content (AvgIpc) is 2.83. The predicted molar refractivity (Wildman–Crippen MR) is 72.7 cm³/mol. The monoisotopic (exact) mass is 315 g/mol. The molecule has 100 valence electrons. The van der Waals surface area contributed by atoms with Gasteiger partial charge in [0.2, 0.25) is 0 Å². The van der Waals surface area contributed by atoms with Gasteiger partial charge in [0.25, 0.3) is 5.91 Å². The van der Waals surface area contributed by atoms with Gasteiger partial charge in [-0.3, -0.25) is 9.69 Å². The molecule has 0 bridgehead atoms. The molecular formula is C12H18BrN3O2. The molecule has 1 aromatic rings. The van der Waals surface area contributed by atoms with Crippen LogP contribution in [-0.4, -0.2) is 54.7 Å². The van der Waals surface area contributed by atoms with Gasteiger partial charge in [0.05, 0.1) is 12.7 Å². The lowest BCUT2D eigenvalue weighted by Gasteiger charge is -2.32. The van der Waals surface area contributed by atoms with E-state index in [0.717, 1.165) is 30.7 Å². The first-order valence-electron chi connectivity index (χ1n) is 6.15. The molecule has 0 aliphatic carbocycles. The van der Waals surface area contributed by atoms with Crippen molar-refractivity contribution >= 4 is 21.8 Å². The number of aromatic amines is 1. The minimum atomic E-state index is -0.0991. The quantitative estimate of drug-likeness (QED) is 0.878. The number of H-pyrrole nitrogens is 1. The van der Waals surface area contributed by atoms with Crippen molar-refractivity contribution in [2.24, 2.45) is 0 Å². The van der Waals surface area contributed by atoms with Crippen molar-refractivity contribution < 1.29 is 9.53 Å².